The number of benzene rings is 3. The second-order valence-corrected chi connectivity index (χ2v) is 5.72. The summed E-state index contributed by atoms with van der Waals surface area (Å²) in [7, 11) is 0. The molecule has 0 atom stereocenters. The van der Waals surface area contributed by atoms with Crippen LogP contribution in [0.5, 0.6) is 5.75 Å². The first-order valence-electron chi connectivity index (χ1n) is 8.45. The summed E-state index contributed by atoms with van der Waals surface area (Å²) in [6, 6.07) is 21.4. The summed E-state index contributed by atoms with van der Waals surface area (Å²) in [4.78, 5) is 11.3. The number of hydrogen-bond acceptors (Lipinski definition) is 3. The van der Waals surface area contributed by atoms with Crippen LogP contribution in [-0.2, 0) is 16.1 Å². The fourth-order valence-corrected chi connectivity index (χ4v) is 2.74. The minimum absolute atomic E-state index is 0.0735. The van der Waals surface area contributed by atoms with E-state index in [1.165, 1.54) is 0 Å². The molecule has 3 aromatic rings. The number of carbonyl (C=O) groups is 1. The Bertz CT molecular complexity index is 929. The van der Waals surface area contributed by atoms with E-state index in [2.05, 4.69) is 0 Å². The fraction of sp³-hybridized carbons (Fsp3) is 0.136. The van der Waals surface area contributed by atoms with Gasteiger partial charge in [-0.15, -0.1) is 0 Å². The monoisotopic (exact) mass is 348 g/mol. The zero-order valence-corrected chi connectivity index (χ0v) is 14.5. The van der Waals surface area contributed by atoms with Gasteiger partial charge < -0.3 is 14.6 Å². The highest BCUT2D eigenvalue weighted by Gasteiger charge is 2.11. The van der Waals surface area contributed by atoms with Gasteiger partial charge in [-0.2, -0.15) is 0 Å². The molecule has 4 nitrogen and oxygen atoms in total. The van der Waals surface area contributed by atoms with Crippen LogP contribution < -0.4 is 4.74 Å². The Kier molecular flexibility index (Phi) is 5.54. The number of fused-ring (bicyclic) bond motifs is 1. The third-order valence-corrected chi connectivity index (χ3v) is 3.95. The van der Waals surface area contributed by atoms with Crippen LogP contribution in [0.1, 0.15) is 18.1 Å². The maximum Gasteiger partial charge on any atom is 0.371 e. The largest absolute Gasteiger partial charge is 0.488 e. The third-order valence-electron chi connectivity index (χ3n) is 3.95. The topological polar surface area (TPSA) is 55.8 Å². The van der Waals surface area contributed by atoms with Crippen molar-refractivity contribution < 1.29 is 19.4 Å². The molecular weight excluding hydrogens is 328 g/mol. The molecule has 0 aromatic heterocycles. The zero-order chi connectivity index (χ0) is 18.4. The maximum absolute atomic E-state index is 11.3. The molecule has 0 spiro atoms. The van der Waals surface area contributed by atoms with Crippen molar-refractivity contribution in [3.05, 3.63) is 83.6 Å². The van der Waals surface area contributed by atoms with Crippen molar-refractivity contribution in [1.29, 1.82) is 0 Å². The smallest absolute Gasteiger partial charge is 0.371 e. The summed E-state index contributed by atoms with van der Waals surface area (Å²) in [5.74, 6) is -0.397. The number of carboxylic acids is 1. The van der Waals surface area contributed by atoms with Crippen molar-refractivity contribution in [2.75, 3.05) is 6.61 Å². The van der Waals surface area contributed by atoms with Crippen LogP contribution in [0.3, 0.4) is 0 Å². The first-order chi connectivity index (χ1) is 12.7. The highest BCUT2D eigenvalue weighted by atomic mass is 16.5. The lowest BCUT2D eigenvalue weighted by Gasteiger charge is -2.12. The Morgan fingerprint density at radius 2 is 1.65 bits per heavy atom. The molecule has 132 valence electrons. The van der Waals surface area contributed by atoms with Gasteiger partial charge in [-0.1, -0.05) is 60.7 Å². The normalized spacial score (nSPS) is 11.3. The van der Waals surface area contributed by atoms with Gasteiger partial charge in [0, 0.05) is 5.39 Å². The van der Waals surface area contributed by atoms with E-state index in [-0.39, 0.29) is 5.76 Å². The standard InChI is InChI=1S/C22H20O4/c1-2-25-21(22(23)24)14-17-12-13-20(19-11-7-6-10-18(17)19)26-15-16-8-4-3-5-9-16/h3-14H,2,15H2,1H3,(H,23,24)/b21-14-. The summed E-state index contributed by atoms with van der Waals surface area (Å²) >= 11 is 0. The SMILES string of the molecule is CCO/C(=C\c1ccc(OCc2ccccc2)c2ccccc12)C(=O)O. The van der Waals surface area contributed by atoms with E-state index in [1.54, 1.807) is 13.0 Å². The Morgan fingerprint density at radius 1 is 0.962 bits per heavy atom. The molecule has 26 heavy (non-hydrogen) atoms. The Hall–Kier alpha value is -3.27. The highest BCUT2D eigenvalue weighted by Crippen LogP contribution is 2.30. The molecule has 0 unspecified atom stereocenters. The number of hydrogen-bond donors (Lipinski definition) is 1. The second-order valence-electron chi connectivity index (χ2n) is 5.72. The first kappa shape index (κ1) is 17.5. The van der Waals surface area contributed by atoms with Crippen LogP contribution in [0.4, 0.5) is 0 Å². The van der Waals surface area contributed by atoms with Crippen LogP contribution in [0.25, 0.3) is 16.8 Å². The van der Waals surface area contributed by atoms with Crippen molar-refractivity contribution in [3.63, 3.8) is 0 Å². The van der Waals surface area contributed by atoms with Crippen LogP contribution in [0.2, 0.25) is 0 Å². The minimum Gasteiger partial charge on any atom is -0.488 e. The van der Waals surface area contributed by atoms with Crippen molar-refractivity contribution in [2.45, 2.75) is 13.5 Å². The van der Waals surface area contributed by atoms with Gasteiger partial charge in [0.05, 0.1) is 6.61 Å². The molecule has 0 saturated heterocycles. The molecule has 0 aliphatic carbocycles. The molecule has 0 bridgehead atoms. The van der Waals surface area contributed by atoms with Crippen LogP contribution in [0, 0.1) is 0 Å². The Labute approximate surface area is 152 Å². The van der Waals surface area contributed by atoms with Crippen LogP contribution in [0.15, 0.2) is 72.5 Å². The van der Waals surface area contributed by atoms with Gasteiger partial charge in [-0.25, -0.2) is 4.79 Å². The van der Waals surface area contributed by atoms with Crippen molar-refractivity contribution in [1.82, 2.24) is 0 Å². The van der Waals surface area contributed by atoms with E-state index in [9.17, 15) is 9.90 Å². The lowest BCUT2D eigenvalue weighted by molar-refractivity contribution is -0.136. The van der Waals surface area contributed by atoms with Crippen molar-refractivity contribution in [2.24, 2.45) is 0 Å². The van der Waals surface area contributed by atoms with Crippen LogP contribution >= 0.6 is 0 Å². The highest BCUT2D eigenvalue weighted by molar-refractivity contribution is 5.98. The van der Waals surface area contributed by atoms with Gasteiger partial charge in [0.2, 0.25) is 5.76 Å². The average molecular weight is 348 g/mol. The summed E-state index contributed by atoms with van der Waals surface area (Å²) < 4.78 is 11.2. The van der Waals surface area contributed by atoms with Crippen molar-refractivity contribution >= 4 is 22.8 Å². The minimum atomic E-state index is -1.08. The zero-order valence-electron chi connectivity index (χ0n) is 14.5. The second kappa shape index (κ2) is 8.21. The average Bonchev–Trinajstić information content (AvgIpc) is 2.67. The molecule has 0 fully saturated rings. The molecule has 0 amide bonds. The van der Waals surface area contributed by atoms with Crippen molar-refractivity contribution in [3.8, 4) is 5.75 Å². The first-order valence-corrected chi connectivity index (χ1v) is 8.45. The summed E-state index contributed by atoms with van der Waals surface area (Å²) in [6.07, 6.45) is 1.55. The van der Waals surface area contributed by atoms with Gasteiger partial charge in [-0.05, 0) is 35.6 Å². The van der Waals surface area contributed by atoms with E-state index in [0.29, 0.717) is 13.2 Å². The van der Waals surface area contributed by atoms with Gasteiger partial charge in [-0.3, -0.25) is 0 Å². The summed E-state index contributed by atoms with van der Waals surface area (Å²) in [6.45, 7) is 2.53. The molecule has 0 radical (unpaired) electrons. The third kappa shape index (κ3) is 4.03. The van der Waals surface area contributed by atoms with E-state index in [4.69, 9.17) is 9.47 Å². The molecule has 0 aliphatic rings. The lowest BCUT2D eigenvalue weighted by Crippen LogP contribution is -2.04. The van der Waals surface area contributed by atoms with E-state index in [0.717, 1.165) is 27.6 Å². The van der Waals surface area contributed by atoms with Crippen LogP contribution in [-0.4, -0.2) is 17.7 Å². The van der Waals surface area contributed by atoms with Gasteiger partial charge in [0.25, 0.3) is 0 Å². The molecular formula is C22H20O4. The van der Waals surface area contributed by atoms with E-state index >= 15 is 0 Å². The molecule has 1 N–H and O–H groups in total. The number of aliphatic carboxylic acids is 1. The van der Waals surface area contributed by atoms with Gasteiger partial charge in [0.15, 0.2) is 0 Å². The summed E-state index contributed by atoms with van der Waals surface area (Å²) in [5.41, 5.74) is 1.86. The lowest BCUT2D eigenvalue weighted by atomic mass is 10.0. The number of ether oxygens (including phenoxy) is 2. The Balaban J connectivity index is 1.96. The maximum atomic E-state index is 11.3. The van der Waals surface area contributed by atoms with Gasteiger partial charge >= 0.3 is 5.97 Å². The van der Waals surface area contributed by atoms with E-state index < -0.39 is 5.97 Å². The number of carboxylic acid groups (broad SMARTS) is 1. The molecule has 4 heteroatoms. The quantitative estimate of drug-likeness (QED) is 0.488. The molecule has 3 aromatic carbocycles. The fourth-order valence-electron chi connectivity index (χ4n) is 2.74. The summed E-state index contributed by atoms with van der Waals surface area (Å²) in [5, 5.41) is 11.1. The molecule has 3 rings (SSSR count). The van der Waals surface area contributed by atoms with E-state index in [1.807, 2.05) is 66.7 Å². The Morgan fingerprint density at radius 3 is 2.35 bits per heavy atom. The predicted octanol–water partition coefficient (Wildman–Crippen LogP) is 4.88. The molecule has 0 saturated carbocycles. The predicted molar refractivity (Wildman–Crippen MR) is 102 cm³/mol. The number of rotatable bonds is 7. The van der Waals surface area contributed by atoms with Gasteiger partial charge in [0.1, 0.15) is 12.4 Å². The molecule has 0 aliphatic heterocycles. The molecule has 0 heterocycles.